The van der Waals surface area contributed by atoms with Crippen molar-refractivity contribution in [3.05, 3.63) is 34.9 Å². The van der Waals surface area contributed by atoms with Crippen LogP contribution in [0, 0.1) is 0 Å². The van der Waals surface area contributed by atoms with E-state index in [1.807, 2.05) is 0 Å². The Balaban J connectivity index is 2.36. The Morgan fingerprint density at radius 1 is 1.38 bits per heavy atom. The summed E-state index contributed by atoms with van der Waals surface area (Å²) in [6, 6.07) is 0.493. The van der Waals surface area contributed by atoms with Crippen LogP contribution in [0.3, 0.4) is 0 Å². The third kappa shape index (κ3) is 3.51. The summed E-state index contributed by atoms with van der Waals surface area (Å²) in [6.45, 7) is 0. The molecule has 0 spiro atoms. The lowest BCUT2D eigenvalue weighted by atomic mass is 10.2. The first-order valence-corrected chi connectivity index (χ1v) is 7.29. The van der Waals surface area contributed by atoms with Gasteiger partial charge in [0, 0.05) is 5.41 Å². The summed E-state index contributed by atoms with van der Waals surface area (Å²) in [5.41, 5.74) is -1.74. The number of anilines is 1. The zero-order valence-corrected chi connectivity index (χ0v) is 11.1. The first-order valence-electron chi connectivity index (χ1n) is 5.57. The van der Waals surface area contributed by atoms with Gasteiger partial charge in [-0.25, -0.2) is 18.2 Å². The number of hydrogen-bond donors (Lipinski definition) is 2. The third-order valence-corrected chi connectivity index (χ3v) is 4.06. The van der Waals surface area contributed by atoms with Gasteiger partial charge in [0.1, 0.15) is 17.1 Å². The first kappa shape index (κ1) is 15.3. The number of aromatic carboxylic acids is 1. The molecule has 6 nitrogen and oxygen atoms in total. The molecule has 1 aromatic heterocycles. The van der Waals surface area contributed by atoms with Crippen molar-refractivity contribution >= 4 is 21.6 Å². The number of carboxylic acid groups (broad SMARTS) is 1. The SMILES string of the molecule is O=C(O)c1ccc(C(F)(F)F)nc1NC1C=CS(=O)(=O)C1. The summed E-state index contributed by atoms with van der Waals surface area (Å²) in [5.74, 6) is -2.36. The lowest BCUT2D eigenvalue weighted by molar-refractivity contribution is -0.141. The fourth-order valence-electron chi connectivity index (χ4n) is 1.74. The van der Waals surface area contributed by atoms with E-state index in [9.17, 15) is 26.4 Å². The number of carboxylic acids is 1. The predicted molar refractivity (Wildman–Crippen MR) is 66.5 cm³/mol. The van der Waals surface area contributed by atoms with Gasteiger partial charge in [-0.3, -0.25) is 0 Å². The molecular formula is C11H9F3N2O4S. The zero-order valence-electron chi connectivity index (χ0n) is 10.3. The van der Waals surface area contributed by atoms with E-state index in [4.69, 9.17) is 5.11 Å². The molecule has 0 aliphatic carbocycles. The molecule has 0 radical (unpaired) electrons. The molecular weight excluding hydrogens is 313 g/mol. The van der Waals surface area contributed by atoms with Crippen molar-refractivity contribution in [2.45, 2.75) is 12.2 Å². The number of aromatic nitrogens is 1. The Morgan fingerprint density at radius 2 is 2.05 bits per heavy atom. The minimum atomic E-state index is -4.73. The van der Waals surface area contributed by atoms with Crippen LogP contribution in [0.2, 0.25) is 0 Å². The van der Waals surface area contributed by atoms with Gasteiger partial charge in [0.15, 0.2) is 9.84 Å². The number of carbonyl (C=O) groups is 1. The van der Waals surface area contributed by atoms with E-state index in [0.29, 0.717) is 6.07 Å². The molecule has 0 saturated heterocycles. The number of halogens is 3. The molecule has 2 heterocycles. The monoisotopic (exact) mass is 322 g/mol. The number of pyridine rings is 1. The van der Waals surface area contributed by atoms with Crippen LogP contribution in [-0.2, 0) is 16.0 Å². The van der Waals surface area contributed by atoms with Crippen molar-refractivity contribution in [3.8, 4) is 0 Å². The fourth-order valence-corrected chi connectivity index (χ4v) is 2.98. The first-order chi connectivity index (χ1) is 9.58. The molecule has 2 N–H and O–H groups in total. The second-order valence-electron chi connectivity index (χ2n) is 4.30. The van der Waals surface area contributed by atoms with E-state index >= 15 is 0 Å². The summed E-state index contributed by atoms with van der Waals surface area (Å²) < 4.78 is 60.2. The number of alkyl halides is 3. The molecule has 114 valence electrons. The minimum absolute atomic E-state index is 0.371. The van der Waals surface area contributed by atoms with Crippen LogP contribution in [-0.4, -0.2) is 36.3 Å². The standard InChI is InChI=1S/C11H9F3N2O4S/c12-11(13,14)8-2-1-7(10(17)18)9(16-8)15-6-3-4-21(19,20)5-6/h1-4,6H,5H2,(H,15,16)(H,17,18). The Labute approximate surface area is 117 Å². The van der Waals surface area contributed by atoms with Gasteiger partial charge >= 0.3 is 12.1 Å². The number of hydrogen-bond acceptors (Lipinski definition) is 5. The molecule has 1 unspecified atom stereocenters. The molecule has 1 aromatic rings. The molecule has 0 aromatic carbocycles. The Morgan fingerprint density at radius 3 is 2.52 bits per heavy atom. The van der Waals surface area contributed by atoms with Gasteiger partial charge in [-0.1, -0.05) is 0 Å². The van der Waals surface area contributed by atoms with Crippen molar-refractivity contribution < 1.29 is 31.5 Å². The van der Waals surface area contributed by atoms with E-state index in [1.54, 1.807) is 0 Å². The second-order valence-corrected chi connectivity index (χ2v) is 6.24. The summed E-state index contributed by atoms with van der Waals surface area (Å²) >= 11 is 0. The second kappa shape index (κ2) is 5.02. The molecule has 0 amide bonds. The maximum atomic E-state index is 12.6. The van der Waals surface area contributed by atoms with Crippen LogP contribution in [0.15, 0.2) is 23.6 Å². The highest BCUT2D eigenvalue weighted by atomic mass is 32.2. The van der Waals surface area contributed by atoms with E-state index < -0.39 is 45.1 Å². The molecule has 2 rings (SSSR count). The highest BCUT2D eigenvalue weighted by Gasteiger charge is 2.34. The predicted octanol–water partition coefficient (Wildman–Crippen LogP) is 1.52. The van der Waals surface area contributed by atoms with Gasteiger partial charge in [-0.15, -0.1) is 0 Å². The summed E-state index contributed by atoms with van der Waals surface area (Å²) in [6.07, 6.45) is -3.51. The lowest BCUT2D eigenvalue weighted by Gasteiger charge is -2.15. The summed E-state index contributed by atoms with van der Waals surface area (Å²) in [7, 11) is -3.43. The Bertz CT molecular complexity index is 713. The van der Waals surface area contributed by atoms with Crippen LogP contribution < -0.4 is 5.32 Å². The largest absolute Gasteiger partial charge is 0.478 e. The van der Waals surface area contributed by atoms with Crippen LogP contribution >= 0.6 is 0 Å². The third-order valence-electron chi connectivity index (χ3n) is 2.67. The topological polar surface area (TPSA) is 96.4 Å². The number of sulfone groups is 1. The average Bonchev–Trinajstić information content (AvgIpc) is 2.67. The highest BCUT2D eigenvalue weighted by Crippen LogP contribution is 2.30. The Hall–Kier alpha value is -2.10. The fraction of sp³-hybridized carbons (Fsp3) is 0.273. The quantitative estimate of drug-likeness (QED) is 0.876. The van der Waals surface area contributed by atoms with E-state index in [0.717, 1.165) is 11.5 Å². The number of rotatable bonds is 3. The normalized spacial score (nSPS) is 20.4. The molecule has 10 heteroatoms. The van der Waals surface area contributed by atoms with Gasteiger partial charge in [0.25, 0.3) is 0 Å². The van der Waals surface area contributed by atoms with E-state index in [2.05, 4.69) is 10.3 Å². The van der Waals surface area contributed by atoms with Crippen LogP contribution in [0.25, 0.3) is 0 Å². The van der Waals surface area contributed by atoms with Crippen molar-refractivity contribution in [1.82, 2.24) is 4.98 Å². The lowest BCUT2D eigenvalue weighted by Crippen LogP contribution is -2.24. The van der Waals surface area contributed by atoms with Gasteiger partial charge in [-0.05, 0) is 18.2 Å². The van der Waals surface area contributed by atoms with Gasteiger partial charge in [-0.2, -0.15) is 13.2 Å². The molecule has 0 saturated carbocycles. The molecule has 21 heavy (non-hydrogen) atoms. The van der Waals surface area contributed by atoms with E-state index in [-0.39, 0.29) is 5.75 Å². The van der Waals surface area contributed by atoms with Crippen LogP contribution in [0.5, 0.6) is 0 Å². The zero-order chi connectivity index (χ0) is 15.8. The van der Waals surface area contributed by atoms with Gasteiger partial charge < -0.3 is 10.4 Å². The highest BCUT2D eigenvalue weighted by molar-refractivity contribution is 7.94. The maximum Gasteiger partial charge on any atom is 0.433 e. The molecule has 1 aliphatic heterocycles. The van der Waals surface area contributed by atoms with Crippen molar-refractivity contribution in [3.63, 3.8) is 0 Å². The Kier molecular flexibility index (Phi) is 3.66. The van der Waals surface area contributed by atoms with Gasteiger partial charge in [0.2, 0.25) is 0 Å². The molecule has 0 bridgehead atoms. The smallest absolute Gasteiger partial charge is 0.433 e. The molecule has 1 aliphatic rings. The molecule has 0 fully saturated rings. The van der Waals surface area contributed by atoms with Crippen molar-refractivity contribution in [1.29, 1.82) is 0 Å². The van der Waals surface area contributed by atoms with Crippen molar-refractivity contribution in [2.24, 2.45) is 0 Å². The average molecular weight is 322 g/mol. The minimum Gasteiger partial charge on any atom is -0.478 e. The summed E-state index contributed by atoms with van der Waals surface area (Å²) in [5, 5.41) is 12.3. The number of nitrogens with one attached hydrogen (secondary N) is 1. The summed E-state index contributed by atoms with van der Waals surface area (Å²) in [4.78, 5) is 14.2. The van der Waals surface area contributed by atoms with Crippen LogP contribution in [0.1, 0.15) is 16.1 Å². The van der Waals surface area contributed by atoms with Crippen LogP contribution in [0.4, 0.5) is 19.0 Å². The van der Waals surface area contributed by atoms with Crippen molar-refractivity contribution in [2.75, 3.05) is 11.1 Å². The van der Waals surface area contributed by atoms with E-state index in [1.165, 1.54) is 6.08 Å². The number of nitrogens with zero attached hydrogens (tertiary/aromatic N) is 1. The maximum absolute atomic E-state index is 12.6. The van der Waals surface area contributed by atoms with Gasteiger partial charge in [0.05, 0.1) is 11.8 Å². The molecule has 1 atom stereocenters.